The zero-order chi connectivity index (χ0) is 12.6. The molecular formula is C10H15NO5. The van der Waals surface area contributed by atoms with Crippen LogP contribution in [0.1, 0.15) is 10.4 Å². The molecule has 0 heterocycles. The summed E-state index contributed by atoms with van der Waals surface area (Å²) in [5, 5.41) is 33.0. The Morgan fingerprint density at radius 1 is 1.25 bits per heavy atom. The molecule has 1 aromatic rings. The van der Waals surface area contributed by atoms with E-state index in [0.717, 1.165) is 0 Å². The quantitative estimate of drug-likeness (QED) is 0.446. The molecule has 0 saturated carbocycles. The van der Waals surface area contributed by atoms with Gasteiger partial charge >= 0.3 is 0 Å². The molecule has 6 nitrogen and oxygen atoms in total. The Kier molecular flexibility index (Phi) is 6.86. The molecule has 0 aliphatic rings. The summed E-state index contributed by atoms with van der Waals surface area (Å²) >= 11 is 0. The lowest BCUT2D eigenvalue weighted by Gasteiger charge is -1.96. The van der Waals surface area contributed by atoms with Gasteiger partial charge in [0.15, 0.2) is 0 Å². The van der Waals surface area contributed by atoms with Gasteiger partial charge in [0.05, 0.1) is 18.8 Å². The maximum Gasteiger partial charge on any atom is 0.252 e. The lowest BCUT2D eigenvalue weighted by Crippen LogP contribution is -2.15. The van der Waals surface area contributed by atoms with Crippen molar-refractivity contribution < 1.29 is 25.2 Å². The summed E-state index contributed by atoms with van der Waals surface area (Å²) in [5.41, 5.74) is 5.07. The number of primary amides is 1. The van der Waals surface area contributed by atoms with Gasteiger partial charge in [0.25, 0.3) is 5.91 Å². The molecule has 0 saturated heterocycles. The molecule has 0 bridgehead atoms. The predicted molar refractivity (Wildman–Crippen MR) is 56.8 cm³/mol. The van der Waals surface area contributed by atoms with Crippen LogP contribution in [0.3, 0.4) is 0 Å². The van der Waals surface area contributed by atoms with E-state index in [1.807, 2.05) is 0 Å². The first-order valence-electron chi connectivity index (χ1n) is 4.50. The molecule has 0 atom stereocenters. The number of hydrogen-bond acceptors (Lipinski definition) is 5. The second-order valence-electron chi connectivity index (χ2n) is 2.90. The lowest BCUT2D eigenvalue weighted by atomic mass is 10.2. The highest BCUT2D eigenvalue weighted by atomic mass is 16.3. The average molecular weight is 229 g/mol. The average Bonchev–Trinajstić information content (AvgIpc) is 2.29. The van der Waals surface area contributed by atoms with Gasteiger partial charge in [0, 0.05) is 0 Å². The maximum atomic E-state index is 10.5. The zero-order valence-corrected chi connectivity index (χ0v) is 8.58. The molecule has 0 radical (unpaired) electrons. The Hall–Kier alpha value is -1.63. The third-order valence-corrected chi connectivity index (χ3v) is 1.59. The summed E-state index contributed by atoms with van der Waals surface area (Å²) in [6, 6.07) is 6.15. The van der Waals surface area contributed by atoms with Crippen molar-refractivity contribution in [3.05, 3.63) is 29.8 Å². The molecule has 6 heteroatoms. The normalized spacial score (nSPS) is 9.50. The Bertz CT molecular complexity index is 325. The molecule has 90 valence electrons. The highest BCUT2D eigenvalue weighted by Gasteiger charge is 2.03. The van der Waals surface area contributed by atoms with Gasteiger partial charge in [-0.25, -0.2) is 0 Å². The van der Waals surface area contributed by atoms with E-state index in [1.165, 1.54) is 12.1 Å². The molecule has 0 spiro atoms. The fourth-order valence-corrected chi connectivity index (χ4v) is 0.740. The number of aliphatic hydroxyl groups excluding tert-OH is 3. The number of phenols is 1. The summed E-state index contributed by atoms with van der Waals surface area (Å²) in [6.07, 6.45) is -0.954. The van der Waals surface area contributed by atoms with Gasteiger partial charge in [-0.3, -0.25) is 4.79 Å². The predicted octanol–water partition coefficient (Wildman–Crippen LogP) is -1.18. The van der Waals surface area contributed by atoms with E-state index in [9.17, 15) is 4.79 Å². The summed E-state index contributed by atoms with van der Waals surface area (Å²) < 4.78 is 0. The van der Waals surface area contributed by atoms with Crippen LogP contribution >= 0.6 is 0 Å². The molecule has 0 aliphatic carbocycles. The first kappa shape index (κ1) is 14.4. The minimum atomic E-state index is -0.954. The summed E-state index contributed by atoms with van der Waals surface area (Å²) in [4.78, 5) is 10.5. The molecule has 6 N–H and O–H groups in total. The molecule has 1 aromatic carbocycles. The number of carbonyl (C=O) groups excluding carboxylic acids is 1. The Morgan fingerprint density at radius 3 is 2.00 bits per heavy atom. The van der Waals surface area contributed by atoms with E-state index in [0.29, 0.717) is 0 Å². The number of rotatable bonds is 3. The van der Waals surface area contributed by atoms with Crippen LogP contribution in [0.2, 0.25) is 0 Å². The van der Waals surface area contributed by atoms with Crippen molar-refractivity contribution in [3.8, 4) is 5.75 Å². The highest BCUT2D eigenvalue weighted by molar-refractivity contribution is 5.95. The molecule has 0 aromatic heterocycles. The van der Waals surface area contributed by atoms with Crippen molar-refractivity contribution in [3.63, 3.8) is 0 Å². The topological polar surface area (TPSA) is 124 Å². The van der Waals surface area contributed by atoms with E-state index in [2.05, 4.69) is 0 Å². The van der Waals surface area contributed by atoms with E-state index < -0.39 is 12.0 Å². The number of carbonyl (C=O) groups is 1. The standard InChI is InChI=1S/C7H7NO2.C3H8O3/c8-7(10)5-3-1-2-4-6(5)9;4-1-3(6)2-5/h1-4,9H,(H2,8,10);3-6H,1-2H2. The Balaban J connectivity index is 0.000000325. The Morgan fingerprint density at radius 2 is 1.75 bits per heavy atom. The first-order chi connectivity index (χ1) is 7.52. The minimum absolute atomic E-state index is 0.0741. The fraction of sp³-hybridized carbons (Fsp3) is 0.300. The van der Waals surface area contributed by atoms with E-state index in [-0.39, 0.29) is 24.5 Å². The van der Waals surface area contributed by atoms with Gasteiger partial charge in [-0.15, -0.1) is 0 Å². The second-order valence-corrected chi connectivity index (χ2v) is 2.90. The molecule has 0 fully saturated rings. The van der Waals surface area contributed by atoms with E-state index >= 15 is 0 Å². The van der Waals surface area contributed by atoms with Crippen LogP contribution in [-0.4, -0.2) is 45.7 Å². The number of hydrogen-bond donors (Lipinski definition) is 5. The van der Waals surface area contributed by atoms with Crippen LogP contribution in [0.4, 0.5) is 0 Å². The Labute approximate surface area is 92.6 Å². The first-order valence-corrected chi connectivity index (χ1v) is 4.50. The maximum absolute atomic E-state index is 10.5. The third-order valence-electron chi connectivity index (χ3n) is 1.59. The van der Waals surface area contributed by atoms with Gasteiger partial charge in [-0.1, -0.05) is 12.1 Å². The second kappa shape index (κ2) is 7.63. The largest absolute Gasteiger partial charge is 0.507 e. The SMILES string of the molecule is NC(=O)c1ccccc1O.OCC(O)CO. The molecule has 1 amide bonds. The molecule has 16 heavy (non-hydrogen) atoms. The third kappa shape index (κ3) is 5.30. The van der Waals surface area contributed by atoms with Gasteiger partial charge in [-0.05, 0) is 12.1 Å². The van der Waals surface area contributed by atoms with Gasteiger partial charge in [0.1, 0.15) is 11.9 Å². The van der Waals surface area contributed by atoms with Crippen molar-refractivity contribution in [1.82, 2.24) is 0 Å². The summed E-state index contributed by atoms with van der Waals surface area (Å²) in [6.45, 7) is -0.729. The van der Waals surface area contributed by atoms with Crippen LogP contribution in [0.5, 0.6) is 5.75 Å². The van der Waals surface area contributed by atoms with Crippen LogP contribution in [0.15, 0.2) is 24.3 Å². The van der Waals surface area contributed by atoms with E-state index in [4.69, 9.17) is 26.2 Å². The fourth-order valence-electron chi connectivity index (χ4n) is 0.740. The summed E-state index contributed by atoms with van der Waals surface area (Å²) in [7, 11) is 0. The highest BCUT2D eigenvalue weighted by Crippen LogP contribution is 2.13. The minimum Gasteiger partial charge on any atom is -0.507 e. The smallest absolute Gasteiger partial charge is 0.252 e. The van der Waals surface area contributed by atoms with Gasteiger partial charge < -0.3 is 26.2 Å². The van der Waals surface area contributed by atoms with Gasteiger partial charge in [0.2, 0.25) is 0 Å². The number of benzene rings is 1. The van der Waals surface area contributed by atoms with Crippen LogP contribution in [-0.2, 0) is 0 Å². The lowest BCUT2D eigenvalue weighted by molar-refractivity contribution is 0.0450. The zero-order valence-electron chi connectivity index (χ0n) is 8.58. The van der Waals surface area contributed by atoms with Crippen molar-refractivity contribution in [2.24, 2.45) is 5.73 Å². The molecule has 0 unspecified atom stereocenters. The number of aliphatic hydroxyl groups is 3. The monoisotopic (exact) mass is 229 g/mol. The number of nitrogens with two attached hydrogens (primary N) is 1. The van der Waals surface area contributed by atoms with Crippen LogP contribution in [0, 0.1) is 0 Å². The summed E-state index contributed by atoms with van der Waals surface area (Å²) in [5.74, 6) is -0.687. The number of amides is 1. The van der Waals surface area contributed by atoms with E-state index in [1.54, 1.807) is 12.1 Å². The number of aromatic hydroxyl groups is 1. The van der Waals surface area contributed by atoms with Crippen molar-refractivity contribution >= 4 is 5.91 Å². The molecular weight excluding hydrogens is 214 g/mol. The van der Waals surface area contributed by atoms with Crippen LogP contribution < -0.4 is 5.73 Å². The van der Waals surface area contributed by atoms with Crippen molar-refractivity contribution in [2.45, 2.75) is 6.10 Å². The number of para-hydroxylation sites is 1. The van der Waals surface area contributed by atoms with Crippen molar-refractivity contribution in [1.29, 1.82) is 0 Å². The molecule has 1 rings (SSSR count). The van der Waals surface area contributed by atoms with Crippen molar-refractivity contribution in [2.75, 3.05) is 13.2 Å². The van der Waals surface area contributed by atoms with Crippen LogP contribution in [0.25, 0.3) is 0 Å². The van der Waals surface area contributed by atoms with Gasteiger partial charge in [-0.2, -0.15) is 0 Å². The molecule has 0 aliphatic heterocycles.